The van der Waals surface area contributed by atoms with E-state index >= 15 is 0 Å². The number of nitrogens with zero attached hydrogens (tertiary/aromatic N) is 3. The van der Waals surface area contributed by atoms with E-state index < -0.39 is 11.7 Å². The van der Waals surface area contributed by atoms with E-state index in [4.69, 9.17) is 4.74 Å². The molecular formula is C25H30N4O3. The quantitative estimate of drug-likeness (QED) is 0.679. The van der Waals surface area contributed by atoms with Crippen molar-refractivity contribution in [3.05, 3.63) is 82.8 Å². The fourth-order valence-corrected chi connectivity index (χ4v) is 3.73. The number of rotatable bonds is 5. The highest BCUT2D eigenvalue weighted by atomic mass is 16.6. The Kier molecular flexibility index (Phi) is 6.50. The van der Waals surface area contributed by atoms with Gasteiger partial charge in [0.05, 0.1) is 17.9 Å². The van der Waals surface area contributed by atoms with Gasteiger partial charge >= 0.3 is 6.09 Å². The fraction of sp³-hybridized carbons (Fsp3) is 0.320. The van der Waals surface area contributed by atoms with Crippen molar-refractivity contribution in [3.8, 4) is 0 Å². The number of benzene rings is 1. The molecule has 1 aromatic carbocycles. The van der Waals surface area contributed by atoms with Crippen molar-refractivity contribution >= 4 is 18.0 Å². The molecule has 1 aromatic heterocycles. The van der Waals surface area contributed by atoms with Gasteiger partial charge < -0.3 is 4.74 Å². The maximum absolute atomic E-state index is 12.9. The van der Waals surface area contributed by atoms with Crippen molar-refractivity contribution in [1.29, 1.82) is 0 Å². The van der Waals surface area contributed by atoms with Crippen LogP contribution in [0.1, 0.15) is 60.8 Å². The molecule has 1 unspecified atom stereocenters. The summed E-state index contributed by atoms with van der Waals surface area (Å²) in [5.74, 6) is 0. The summed E-state index contributed by atoms with van der Waals surface area (Å²) < 4.78 is 7.31. The van der Waals surface area contributed by atoms with E-state index in [1.807, 2.05) is 66.1 Å². The first-order valence-corrected chi connectivity index (χ1v) is 10.4. The van der Waals surface area contributed by atoms with Gasteiger partial charge in [-0.15, -0.1) is 0 Å². The van der Waals surface area contributed by atoms with Crippen molar-refractivity contribution in [2.75, 3.05) is 0 Å². The number of nitrogens with one attached hydrogen (secondary N) is 1. The van der Waals surface area contributed by atoms with Crippen molar-refractivity contribution in [2.45, 2.75) is 46.3 Å². The number of aromatic nitrogens is 2. The minimum Gasteiger partial charge on any atom is -0.442 e. The molecule has 0 fully saturated rings. The van der Waals surface area contributed by atoms with E-state index in [-0.39, 0.29) is 6.04 Å². The first-order valence-electron chi connectivity index (χ1n) is 10.4. The first kappa shape index (κ1) is 23.2. The molecular weight excluding hydrogens is 404 g/mol. The Labute approximate surface area is 189 Å². The zero-order chi connectivity index (χ0) is 23.6. The normalized spacial score (nSPS) is 17.0. The number of hydrogen-bond acceptors (Lipinski definition) is 5. The van der Waals surface area contributed by atoms with Crippen LogP contribution in [0.5, 0.6) is 0 Å². The lowest BCUT2D eigenvalue weighted by atomic mass is 9.93. The number of amides is 1. The highest BCUT2D eigenvalue weighted by molar-refractivity contribution is 5.82. The summed E-state index contributed by atoms with van der Waals surface area (Å²) in [4.78, 5) is 24.3. The van der Waals surface area contributed by atoms with Gasteiger partial charge in [-0.25, -0.2) is 15.2 Å². The Balaban J connectivity index is 2.12. The Morgan fingerprint density at radius 1 is 1.31 bits per heavy atom. The standard InChI is InChI=1S/C25H30N4O3/c1-8-22-21(12-16(2)20-11-9-10-18(15-30)17(20)3)23(19-13-26-28(7)14-19)27-29(22)24(31)32-25(4,5)6/h8-15,23,27H,1H2,2-7H3/b16-12+. The third-order valence-corrected chi connectivity index (χ3v) is 5.23. The van der Waals surface area contributed by atoms with Crippen LogP contribution in [0, 0.1) is 6.92 Å². The van der Waals surface area contributed by atoms with Crippen LogP contribution >= 0.6 is 0 Å². The summed E-state index contributed by atoms with van der Waals surface area (Å²) >= 11 is 0. The van der Waals surface area contributed by atoms with Gasteiger partial charge in [-0.05, 0) is 57.4 Å². The van der Waals surface area contributed by atoms with Gasteiger partial charge in [0.25, 0.3) is 0 Å². The summed E-state index contributed by atoms with van der Waals surface area (Å²) in [6.45, 7) is 13.3. The molecule has 0 saturated heterocycles. The van der Waals surface area contributed by atoms with E-state index in [0.717, 1.165) is 34.1 Å². The number of aldehydes is 1. The van der Waals surface area contributed by atoms with E-state index in [9.17, 15) is 9.59 Å². The van der Waals surface area contributed by atoms with E-state index in [2.05, 4.69) is 17.1 Å². The summed E-state index contributed by atoms with van der Waals surface area (Å²) in [5, 5.41) is 5.68. The summed E-state index contributed by atoms with van der Waals surface area (Å²) in [6, 6.07) is 5.32. The predicted octanol–water partition coefficient (Wildman–Crippen LogP) is 4.88. The summed E-state index contributed by atoms with van der Waals surface area (Å²) in [6.07, 6.45) is 7.67. The lowest BCUT2D eigenvalue weighted by molar-refractivity contribution is 0.0241. The van der Waals surface area contributed by atoms with Gasteiger partial charge in [0.1, 0.15) is 11.9 Å². The zero-order valence-electron chi connectivity index (χ0n) is 19.5. The fourth-order valence-electron chi connectivity index (χ4n) is 3.73. The highest BCUT2D eigenvalue weighted by Gasteiger charge is 2.36. The molecule has 1 aliphatic heterocycles. The van der Waals surface area contributed by atoms with Crippen LogP contribution in [0.4, 0.5) is 4.79 Å². The highest BCUT2D eigenvalue weighted by Crippen LogP contribution is 2.36. The molecule has 0 aliphatic carbocycles. The van der Waals surface area contributed by atoms with Crippen LogP contribution in [0.25, 0.3) is 5.57 Å². The molecule has 1 aliphatic rings. The van der Waals surface area contributed by atoms with Gasteiger partial charge in [0, 0.05) is 29.9 Å². The monoisotopic (exact) mass is 434 g/mol. The first-order chi connectivity index (χ1) is 15.1. The Morgan fingerprint density at radius 3 is 2.59 bits per heavy atom. The molecule has 2 heterocycles. The predicted molar refractivity (Wildman–Crippen MR) is 125 cm³/mol. The molecule has 7 nitrogen and oxygen atoms in total. The van der Waals surface area contributed by atoms with Crippen LogP contribution in [0.3, 0.4) is 0 Å². The third-order valence-electron chi connectivity index (χ3n) is 5.23. The van der Waals surface area contributed by atoms with E-state index in [1.165, 1.54) is 5.01 Å². The van der Waals surface area contributed by atoms with Crippen LogP contribution in [0.2, 0.25) is 0 Å². The molecule has 0 bridgehead atoms. The van der Waals surface area contributed by atoms with E-state index in [0.29, 0.717) is 11.3 Å². The number of allylic oxidation sites excluding steroid dienone is 2. The number of ether oxygens (including phenoxy) is 1. The van der Waals surface area contributed by atoms with E-state index in [1.54, 1.807) is 23.0 Å². The lowest BCUT2D eigenvalue weighted by Crippen LogP contribution is -2.42. The molecule has 32 heavy (non-hydrogen) atoms. The minimum absolute atomic E-state index is 0.325. The van der Waals surface area contributed by atoms with Gasteiger partial charge in [-0.1, -0.05) is 30.9 Å². The number of hydrazine groups is 1. The van der Waals surface area contributed by atoms with Crippen LogP contribution < -0.4 is 5.43 Å². The molecule has 3 rings (SSSR count). The maximum Gasteiger partial charge on any atom is 0.429 e. The number of carbonyl (C=O) groups excluding carboxylic acids is 2. The molecule has 2 aromatic rings. The SMILES string of the molecule is C=CC1=C(/C=C(\C)c2cccc(C=O)c2C)C(c2cnn(C)c2)NN1C(=O)OC(C)(C)C. The second kappa shape index (κ2) is 8.96. The summed E-state index contributed by atoms with van der Waals surface area (Å²) in [5.41, 5.74) is 8.45. The number of aryl methyl sites for hydroxylation is 1. The smallest absolute Gasteiger partial charge is 0.429 e. The largest absolute Gasteiger partial charge is 0.442 e. The average Bonchev–Trinajstić information content (AvgIpc) is 3.30. The Morgan fingerprint density at radius 2 is 2.03 bits per heavy atom. The van der Waals surface area contributed by atoms with Crippen molar-refractivity contribution in [1.82, 2.24) is 20.2 Å². The molecule has 1 atom stereocenters. The van der Waals surface area contributed by atoms with Gasteiger partial charge in [0.2, 0.25) is 0 Å². The number of carbonyl (C=O) groups is 2. The molecule has 1 amide bonds. The topological polar surface area (TPSA) is 76.5 Å². The minimum atomic E-state index is -0.643. The van der Waals surface area contributed by atoms with Gasteiger partial charge in [-0.3, -0.25) is 9.48 Å². The van der Waals surface area contributed by atoms with Crippen LogP contribution in [-0.2, 0) is 11.8 Å². The second-order valence-electron chi connectivity index (χ2n) is 8.83. The molecule has 0 radical (unpaired) electrons. The maximum atomic E-state index is 12.9. The molecule has 1 N–H and O–H groups in total. The van der Waals surface area contributed by atoms with Crippen molar-refractivity contribution < 1.29 is 14.3 Å². The average molecular weight is 435 g/mol. The van der Waals surface area contributed by atoms with Crippen LogP contribution in [-0.4, -0.2) is 32.8 Å². The second-order valence-corrected chi connectivity index (χ2v) is 8.83. The lowest BCUT2D eigenvalue weighted by Gasteiger charge is -2.25. The summed E-state index contributed by atoms with van der Waals surface area (Å²) in [7, 11) is 1.84. The zero-order valence-corrected chi connectivity index (χ0v) is 19.5. The van der Waals surface area contributed by atoms with Crippen molar-refractivity contribution in [2.24, 2.45) is 7.05 Å². The van der Waals surface area contributed by atoms with Gasteiger partial charge in [-0.2, -0.15) is 5.10 Å². The number of hydrogen-bond donors (Lipinski definition) is 1. The third kappa shape index (κ3) is 4.73. The Hall–Kier alpha value is -3.45. The van der Waals surface area contributed by atoms with Gasteiger partial charge in [0.15, 0.2) is 0 Å². The molecule has 0 spiro atoms. The Bertz CT molecular complexity index is 1120. The van der Waals surface area contributed by atoms with Crippen molar-refractivity contribution in [3.63, 3.8) is 0 Å². The molecule has 7 heteroatoms. The van der Waals surface area contributed by atoms with Crippen LogP contribution in [0.15, 0.2) is 60.6 Å². The molecule has 0 saturated carbocycles. The molecule has 168 valence electrons.